The molecule has 5 aromatic rings. The van der Waals surface area contributed by atoms with E-state index in [0.29, 0.717) is 33.9 Å². The van der Waals surface area contributed by atoms with Crippen LogP contribution in [0.2, 0.25) is 0 Å². The quantitative estimate of drug-likeness (QED) is 0.421. The highest BCUT2D eigenvalue weighted by atomic mass is 19.1. The van der Waals surface area contributed by atoms with Gasteiger partial charge in [-0.15, -0.1) is 0 Å². The van der Waals surface area contributed by atoms with Crippen LogP contribution in [-0.2, 0) is 13.1 Å². The van der Waals surface area contributed by atoms with Crippen molar-refractivity contribution in [2.45, 2.75) is 13.1 Å². The van der Waals surface area contributed by atoms with Crippen LogP contribution in [0.5, 0.6) is 0 Å². The van der Waals surface area contributed by atoms with E-state index >= 15 is 0 Å². The number of aromatic nitrogens is 3. The number of hydrogen-bond acceptors (Lipinski definition) is 3. The summed E-state index contributed by atoms with van der Waals surface area (Å²) < 4.78 is 17.1. The van der Waals surface area contributed by atoms with Crippen LogP contribution in [0.3, 0.4) is 0 Å². The third-order valence-electron chi connectivity index (χ3n) is 5.38. The predicted molar refractivity (Wildman–Crippen MR) is 119 cm³/mol. The van der Waals surface area contributed by atoms with Crippen molar-refractivity contribution < 1.29 is 4.39 Å². The van der Waals surface area contributed by atoms with Crippen molar-refractivity contribution in [3.8, 4) is 0 Å². The Kier molecular flexibility index (Phi) is 4.67. The maximum Gasteiger partial charge on any atom is 0.260 e. The first kappa shape index (κ1) is 18.9. The highest BCUT2D eigenvalue weighted by molar-refractivity contribution is 5.91. The Bertz CT molecular complexity index is 1540. The molecule has 31 heavy (non-hydrogen) atoms. The molecule has 0 amide bonds. The molecule has 0 atom stereocenters. The van der Waals surface area contributed by atoms with E-state index < -0.39 is 0 Å². The summed E-state index contributed by atoms with van der Waals surface area (Å²) in [7, 11) is 0. The molecule has 3 aromatic heterocycles. The molecule has 3 heterocycles. The van der Waals surface area contributed by atoms with Crippen molar-refractivity contribution in [3.63, 3.8) is 0 Å². The zero-order valence-electron chi connectivity index (χ0n) is 16.5. The number of nitrogens with zero attached hydrogens (tertiary/aromatic N) is 3. The van der Waals surface area contributed by atoms with Gasteiger partial charge >= 0.3 is 0 Å². The summed E-state index contributed by atoms with van der Waals surface area (Å²) in [6.07, 6.45) is 3.32. The average Bonchev–Trinajstić information content (AvgIpc) is 2.79. The zero-order valence-corrected chi connectivity index (χ0v) is 16.5. The summed E-state index contributed by atoms with van der Waals surface area (Å²) in [4.78, 5) is 30.7. The number of benzene rings is 2. The van der Waals surface area contributed by atoms with E-state index in [1.54, 1.807) is 53.4 Å². The largest absolute Gasteiger partial charge is 0.310 e. The normalized spacial score (nSPS) is 11.3. The standard InChI is InChI=1S/C25H18FN3O2/c26-21-9-5-4-8-18(21)16-29-13-11-23-20(25(29)31)14-19-22(27-23)10-12-28(24(19)30)15-17-6-2-1-3-7-17/h1-14H,15-16H2. The molecule has 0 bridgehead atoms. The summed E-state index contributed by atoms with van der Waals surface area (Å²) in [6.45, 7) is 0.534. The first-order valence-electron chi connectivity index (χ1n) is 9.91. The Balaban J connectivity index is 1.62. The lowest BCUT2D eigenvalue weighted by molar-refractivity contribution is 0.597. The van der Waals surface area contributed by atoms with Crippen molar-refractivity contribution in [2.75, 3.05) is 0 Å². The molecule has 0 spiro atoms. The van der Waals surface area contributed by atoms with Crippen LogP contribution >= 0.6 is 0 Å². The lowest BCUT2D eigenvalue weighted by Gasteiger charge is -2.10. The third-order valence-corrected chi connectivity index (χ3v) is 5.38. The van der Waals surface area contributed by atoms with Crippen LogP contribution in [0.1, 0.15) is 11.1 Å². The Hall–Kier alpha value is -4.06. The minimum atomic E-state index is -0.366. The molecule has 0 radical (unpaired) electrons. The molecule has 6 heteroatoms. The maximum atomic E-state index is 14.0. The topological polar surface area (TPSA) is 56.9 Å². The van der Waals surface area contributed by atoms with Gasteiger partial charge in [0.25, 0.3) is 11.1 Å². The van der Waals surface area contributed by atoms with E-state index in [9.17, 15) is 14.0 Å². The summed E-state index contributed by atoms with van der Waals surface area (Å²) in [5, 5.41) is 0.715. The molecule has 0 saturated heterocycles. The summed E-state index contributed by atoms with van der Waals surface area (Å²) in [5.41, 5.74) is 1.94. The molecule has 5 nitrogen and oxygen atoms in total. The fourth-order valence-electron chi connectivity index (χ4n) is 3.74. The molecular formula is C25H18FN3O2. The summed E-state index contributed by atoms with van der Waals surface area (Å²) >= 11 is 0. The second kappa shape index (κ2) is 7.65. The molecule has 0 aliphatic rings. The Morgan fingerprint density at radius 1 is 0.710 bits per heavy atom. The second-order valence-corrected chi connectivity index (χ2v) is 7.43. The molecule has 0 aliphatic heterocycles. The molecule has 0 aliphatic carbocycles. The molecule has 0 fully saturated rings. The molecule has 0 unspecified atom stereocenters. The van der Waals surface area contributed by atoms with Crippen molar-refractivity contribution in [1.82, 2.24) is 14.1 Å². The molecule has 2 aromatic carbocycles. The van der Waals surface area contributed by atoms with Crippen LogP contribution in [-0.4, -0.2) is 14.1 Å². The fraction of sp³-hybridized carbons (Fsp3) is 0.0800. The number of pyridine rings is 3. The van der Waals surface area contributed by atoms with E-state index in [0.717, 1.165) is 5.56 Å². The highest BCUT2D eigenvalue weighted by Gasteiger charge is 2.11. The lowest BCUT2D eigenvalue weighted by Crippen LogP contribution is -2.23. The minimum Gasteiger partial charge on any atom is -0.310 e. The van der Waals surface area contributed by atoms with Crippen LogP contribution < -0.4 is 11.1 Å². The molecule has 152 valence electrons. The van der Waals surface area contributed by atoms with E-state index in [2.05, 4.69) is 4.98 Å². The van der Waals surface area contributed by atoms with Crippen LogP contribution in [0.25, 0.3) is 21.8 Å². The molecular weight excluding hydrogens is 393 g/mol. The van der Waals surface area contributed by atoms with Crippen LogP contribution in [0, 0.1) is 5.82 Å². The van der Waals surface area contributed by atoms with Crippen LogP contribution in [0.15, 0.2) is 94.8 Å². The minimum absolute atomic E-state index is 0.104. The fourth-order valence-corrected chi connectivity index (χ4v) is 3.74. The SMILES string of the molecule is O=c1c2cc3c(=O)n(Cc4ccccc4F)ccc3nc2ccn1Cc1ccccc1. The van der Waals surface area contributed by atoms with Gasteiger partial charge in [-0.2, -0.15) is 0 Å². The van der Waals surface area contributed by atoms with Crippen molar-refractivity contribution in [1.29, 1.82) is 0 Å². The highest BCUT2D eigenvalue weighted by Crippen LogP contribution is 2.16. The number of halogens is 1. The Morgan fingerprint density at radius 2 is 1.29 bits per heavy atom. The van der Waals surface area contributed by atoms with E-state index in [1.165, 1.54) is 10.6 Å². The van der Waals surface area contributed by atoms with E-state index in [1.807, 2.05) is 30.3 Å². The average molecular weight is 411 g/mol. The van der Waals surface area contributed by atoms with E-state index in [-0.39, 0.29) is 23.5 Å². The predicted octanol–water partition coefficient (Wildman–Crippen LogP) is 3.95. The Labute approximate surface area is 176 Å². The second-order valence-electron chi connectivity index (χ2n) is 7.43. The zero-order chi connectivity index (χ0) is 21.4. The summed E-state index contributed by atoms with van der Waals surface area (Å²) in [5.74, 6) is -0.366. The van der Waals surface area contributed by atoms with Gasteiger partial charge in [0.2, 0.25) is 0 Å². The van der Waals surface area contributed by atoms with Gasteiger partial charge in [-0.3, -0.25) is 9.59 Å². The first-order valence-corrected chi connectivity index (χ1v) is 9.91. The monoisotopic (exact) mass is 411 g/mol. The smallest absolute Gasteiger partial charge is 0.260 e. The van der Waals surface area contributed by atoms with Gasteiger partial charge in [0.15, 0.2) is 0 Å². The molecule has 0 N–H and O–H groups in total. The van der Waals surface area contributed by atoms with Crippen molar-refractivity contribution >= 4 is 21.8 Å². The number of hydrogen-bond donors (Lipinski definition) is 0. The summed E-state index contributed by atoms with van der Waals surface area (Å²) in [6, 6.07) is 21.1. The van der Waals surface area contributed by atoms with E-state index in [4.69, 9.17) is 0 Å². The van der Waals surface area contributed by atoms with Gasteiger partial charge < -0.3 is 9.13 Å². The number of fused-ring (bicyclic) bond motifs is 2. The van der Waals surface area contributed by atoms with Gasteiger partial charge in [-0.05, 0) is 29.8 Å². The van der Waals surface area contributed by atoms with Gasteiger partial charge in [0, 0.05) is 18.0 Å². The van der Waals surface area contributed by atoms with Gasteiger partial charge in [0.05, 0.1) is 34.9 Å². The maximum absolute atomic E-state index is 14.0. The van der Waals surface area contributed by atoms with Gasteiger partial charge in [-0.25, -0.2) is 9.37 Å². The third kappa shape index (κ3) is 3.53. The van der Waals surface area contributed by atoms with Crippen LogP contribution in [0.4, 0.5) is 4.39 Å². The number of rotatable bonds is 4. The lowest BCUT2D eigenvalue weighted by atomic mass is 10.1. The van der Waals surface area contributed by atoms with Gasteiger partial charge in [0.1, 0.15) is 5.82 Å². The molecule has 5 rings (SSSR count). The first-order chi connectivity index (χ1) is 15.1. The Morgan fingerprint density at radius 3 is 1.94 bits per heavy atom. The van der Waals surface area contributed by atoms with Crippen molar-refractivity contribution in [3.05, 3.63) is 123 Å². The molecule has 0 saturated carbocycles. The van der Waals surface area contributed by atoms with Gasteiger partial charge in [-0.1, -0.05) is 48.5 Å². The van der Waals surface area contributed by atoms with Crippen molar-refractivity contribution in [2.24, 2.45) is 0 Å².